The Balaban J connectivity index is 2.96. The first-order chi connectivity index (χ1) is 4.50. The average Bonchev–Trinajstić information content (AvgIpc) is 2.11. The molecule has 1 heterocycles. The van der Waals surface area contributed by atoms with E-state index in [4.69, 9.17) is 5.73 Å². The number of halogens is 3. The molecule has 56 valence electrons. The number of nitrogen functional groups attached to an aromatic ring is 1. The highest BCUT2D eigenvalue weighted by molar-refractivity contribution is 5.30. The third kappa shape index (κ3) is 1.23. The van der Waals surface area contributed by atoms with Crippen molar-refractivity contribution in [3.63, 3.8) is 0 Å². The Bertz CT molecular complexity index is 227. The van der Waals surface area contributed by atoms with Gasteiger partial charge in [-0.25, -0.2) is 0 Å². The molecule has 0 fully saturated rings. The number of hydrogen-bond donors (Lipinski definition) is 1. The van der Waals surface area contributed by atoms with E-state index in [1.807, 2.05) is 0 Å². The van der Waals surface area contributed by atoms with Crippen molar-refractivity contribution in [1.82, 2.24) is 0 Å². The largest absolute Gasteiger partial charge is 0.449 e. The van der Waals surface area contributed by atoms with Gasteiger partial charge in [-0.15, -0.1) is 0 Å². The summed E-state index contributed by atoms with van der Waals surface area (Å²) in [4.78, 5) is 0. The molecule has 0 aliphatic carbocycles. The van der Waals surface area contributed by atoms with E-state index in [2.05, 4.69) is 4.42 Å². The van der Waals surface area contributed by atoms with Crippen LogP contribution in [0.2, 0.25) is 0 Å². The molecule has 0 bridgehead atoms. The summed E-state index contributed by atoms with van der Waals surface area (Å²) in [6.07, 6.45) is -3.78. The molecule has 2 nitrogen and oxygen atoms in total. The monoisotopic (exact) mass is 151 g/mol. The van der Waals surface area contributed by atoms with E-state index in [1.54, 1.807) is 0 Å². The molecule has 0 aromatic carbocycles. The van der Waals surface area contributed by atoms with E-state index in [0.717, 1.165) is 6.07 Å². The minimum atomic E-state index is -4.36. The van der Waals surface area contributed by atoms with Crippen LogP contribution >= 0.6 is 0 Å². The molecule has 0 aliphatic heterocycles. The molecule has 2 N–H and O–H groups in total. The number of nitrogens with two attached hydrogens (primary N) is 1. The molecule has 5 heteroatoms. The van der Waals surface area contributed by atoms with Crippen LogP contribution in [-0.2, 0) is 6.18 Å². The quantitative estimate of drug-likeness (QED) is 0.614. The van der Waals surface area contributed by atoms with Crippen molar-refractivity contribution in [2.75, 3.05) is 5.73 Å². The van der Waals surface area contributed by atoms with Crippen LogP contribution in [-0.4, -0.2) is 0 Å². The van der Waals surface area contributed by atoms with Gasteiger partial charge in [0.05, 0.1) is 5.56 Å². The molecule has 0 aliphatic rings. The van der Waals surface area contributed by atoms with Crippen LogP contribution in [0.15, 0.2) is 16.7 Å². The van der Waals surface area contributed by atoms with Crippen molar-refractivity contribution in [2.45, 2.75) is 6.18 Å². The molecule has 0 amide bonds. The van der Waals surface area contributed by atoms with Crippen molar-refractivity contribution in [2.24, 2.45) is 0 Å². The van der Waals surface area contributed by atoms with Gasteiger partial charge in [-0.2, -0.15) is 13.2 Å². The smallest absolute Gasteiger partial charge is 0.419 e. The van der Waals surface area contributed by atoms with E-state index in [0.29, 0.717) is 6.26 Å². The Kier molecular flexibility index (Phi) is 1.35. The van der Waals surface area contributed by atoms with Crippen molar-refractivity contribution in [1.29, 1.82) is 0 Å². The maximum absolute atomic E-state index is 11.7. The normalized spacial score (nSPS) is 11.9. The van der Waals surface area contributed by atoms with Gasteiger partial charge < -0.3 is 10.2 Å². The number of furan rings is 1. The maximum Gasteiger partial charge on any atom is 0.419 e. The maximum atomic E-state index is 11.7. The standard InChI is InChI=1S/C5H4F3NO/c6-5(7,8)3-1-4(9)10-2-3/h1-2H,9H2. The summed E-state index contributed by atoms with van der Waals surface area (Å²) < 4.78 is 39.3. The first kappa shape index (κ1) is 6.98. The lowest BCUT2D eigenvalue weighted by molar-refractivity contribution is -0.137. The highest BCUT2D eigenvalue weighted by Gasteiger charge is 2.32. The SMILES string of the molecule is Nc1cc(C(F)(F)F)co1. The van der Waals surface area contributed by atoms with Crippen molar-refractivity contribution >= 4 is 5.88 Å². The summed E-state index contributed by atoms with van der Waals surface area (Å²) in [7, 11) is 0. The Morgan fingerprint density at radius 2 is 2.00 bits per heavy atom. The zero-order valence-corrected chi connectivity index (χ0v) is 4.77. The van der Waals surface area contributed by atoms with Crippen LogP contribution in [0.4, 0.5) is 19.1 Å². The minimum absolute atomic E-state index is 0.229. The van der Waals surface area contributed by atoms with Gasteiger partial charge in [-0.05, 0) is 0 Å². The van der Waals surface area contributed by atoms with Gasteiger partial charge in [0, 0.05) is 6.07 Å². The summed E-state index contributed by atoms with van der Waals surface area (Å²) >= 11 is 0. The highest BCUT2D eigenvalue weighted by atomic mass is 19.4. The first-order valence-electron chi connectivity index (χ1n) is 2.41. The van der Waals surface area contributed by atoms with Gasteiger partial charge in [0.15, 0.2) is 5.88 Å². The molecule has 0 spiro atoms. The van der Waals surface area contributed by atoms with Crippen LogP contribution in [0.1, 0.15) is 5.56 Å². The Morgan fingerprint density at radius 3 is 2.20 bits per heavy atom. The molecule has 0 radical (unpaired) electrons. The highest BCUT2D eigenvalue weighted by Crippen LogP contribution is 2.30. The molecule has 0 unspecified atom stereocenters. The molecule has 0 saturated heterocycles. The van der Waals surface area contributed by atoms with Gasteiger partial charge >= 0.3 is 6.18 Å². The van der Waals surface area contributed by atoms with Crippen LogP contribution in [0.25, 0.3) is 0 Å². The van der Waals surface area contributed by atoms with E-state index in [9.17, 15) is 13.2 Å². The molecule has 0 saturated carbocycles. The fourth-order valence-corrected chi connectivity index (χ4v) is 0.501. The summed E-state index contributed by atoms with van der Waals surface area (Å²) in [6, 6.07) is 0.736. The number of alkyl halides is 3. The van der Waals surface area contributed by atoms with Crippen LogP contribution < -0.4 is 5.73 Å². The minimum Gasteiger partial charge on any atom is -0.449 e. The molecule has 1 aromatic heterocycles. The van der Waals surface area contributed by atoms with E-state index in [1.165, 1.54) is 0 Å². The van der Waals surface area contributed by atoms with Crippen molar-refractivity contribution < 1.29 is 17.6 Å². The summed E-state index contributed by atoms with van der Waals surface area (Å²) in [6.45, 7) is 0. The van der Waals surface area contributed by atoms with Crippen LogP contribution in [0.5, 0.6) is 0 Å². The van der Waals surface area contributed by atoms with Crippen molar-refractivity contribution in [3.8, 4) is 0 Å². The molecule has 0 atom stereocenters. The lowest BCUT2D eigenvalue weighted by Crippen LogP contribution is -2.02. The zero-order chi connectivity index (χ0) is 7.78. The van der Waals surface area contributed by atoms with Crippen molar-refractivity contribution in [3.05, 3.63) is 17.9 Å². The topological polar surface area (TPSA) is 39.2 Å². The summed E-state index contributed by atoms with van der Waals surface area (Å²) in [5, 5.41) is 0. The van der Waals surface area contributed by atoms with Gasteiger partial charge in [0.25, 0.3) is 0 Å². The van der Waals surface area contributed by atoms with Gasteiger partial charge in [-0.3, -0.25) is 0 Å². The lowest BCUT2D eigenvalue weighted by atomic mass is 10.3. The molecular formula is C5H4F3NO. The number of anilines is 1. The Hall–Kier alpha value is -1.13. The fourth-order valence-electron chi connectivity index (χ4n) is 0.501. The second-order valence-corrected chi connectivity index (χ2v) is 1.74. The van der Waals surface area contributed by atoms with Gasteiger partial charge in [0.1, 0.15) is 6.26 Å². The van der Waals surface area contributed by atoms with Crippen LogP contribution in [0, 0.1) is 0 Å². The zero-order valence-electron chi connectivity index (χ0n) is 4.77. The molecular weight excluding hydrogens is 147 g/mol. The third-order valence-electron chi connectivity index (χ3n) is 0.947. The number of rotatable bonds is 0. The van der Waals surface area contributed by atoms with E-state index < -0.39 is 11.7 Å². The summed E-state index contributed by atoms with van der Waals surface area (Å²) in [5.41, 5.74) is 4.05. The lowest BCUT2D eigenvalue weighted by Gasteiger charge is -1.98. The van der Waals surface area contributed by atoms with E-state index >= 15 is 0 Å². The fraction of sp³-hybridized carbons (Fsp3) is 0.200. The van der Waals surface area contributed by atoms with Gasteiger partial charge in [0.2, 0.25) is 0 Å². The molecule has 1 rings (SSSR count). The van der Waals surface area contributed by atoms with E-state index in [-0.39, 0.29) is 5.88 Å². The third-order valence-corrected chi connectivity index (χ3v) is 0.947. The predicted molar refractivity (Wildman–Crippen MR) is 28.1 cm³/mol. The molecule has 1 aromatic rings. The second kappa shape index (κ2) is 1.93. The Labute approximate surface area is 54.4 Å². The van der Waals surface area contributed by atoms with Gasteiger partial charge in [-0.1, -0.05) is 0 Å². The second-order valence-electron chi connectivity index (χ2n) is 1.74. The number of hydrogen-bond acceptors (Lipinski definition) is 2. The Morgan fingerprint density at radius 1 is 1.40 bits per heavy atom. The first-order valence-corrected chi connectivity index (χ1v) is 2.41. The molecule has 10 heavy (non-hydrogen) atoms. The average molecular weight is 151 g/mol. The summed E-state index contributed by atoms with van der Waals surface area (Å²) in [5.74, 6) is -0.229. The predicted octanol–water partition coefficient (Wildman–Crippen LogP) is 1.88. The van der Waals surface area contributed by atoms with Crippen LogP contribution in [0.3, 0.4) is 0 Å².